The summed E-state index contributed by atoms with van der Waals surface area (Å²) in [5.74, 6) is -0.634. The molecule has 0 atom stereocenters. The van der Waals surface area contributed by atoms with Gasteiger partial charge < -0.3 is 19.6 Å². The maximum absolute atomic E-state index is 8.48. The highest BCUT2D eigenvalue weighted by Crippen LogP contribution is 2.51. The maximum atomic E-state index is 8.48. The van der Waals surface area contributed by atoms with Crippen LogP contribution >= 0.6 is 13.0 Å². The summed E-state index contributed by atoms with van der Waals surface area (Å²) in [5, 5.41) is 0. The van der Waals surface area contributed by atoms with E-state index in [1.807, 2.05) is 0 Å². The molecule has 0 unspecified atom stereocenters. The number of hydrogen-bond donors (Lipinski definition) is 4. The lowest BCUT2D eigenvalue weighted by atomic mass is 11.9. The van der Waals surface area contributed by atoms with Crippen molar-refractivity contribution in [2.45, 2.75) is 0 Å². The molecule has 0 rings (SSSR count). The van der Waals surface area contributed by atoms with Crippen LogP contribution in [0.25, 0.3) is 0 Å². The highest BCUT2D eigenvalue weighted by molar-refractivity contribution is 8.18. The second-order valence-corrected chi connectivity index (χ2v) is 8.77. The fourth-order valence-electron chi connectivity index (χ4n) is 0.240. The Morgan fingerprint density at radius 1 is 0.889 bits per heavy atom. The summed E-state index contributed by atoms with van der Waals surface area (Å²) < 4.78 is 0. The van der Waals surface area contributed by atoms with Gasteiger partial charge in [0.05, 0.1) is 5.90 Å². The van der Waals surface area contributed by atoms with Crippen LogP contribution in [0.4, 0.5) is 0 Å². The second-order valence-electron chi connectivity index (χ2n) is 1.47. The molecule has 8 heteroatoms. The van der Waals surface area contributed by atoms with Crippen LogP contribution in [0.3, 0.4) is 0 Å². The maximum Gasteiger partial charge on any atom is 0.193 e. The van der Waals surface area contributed by atoms with E-state index in [1.54, 1.807) is 0 Å². The van der Waals surface area contributed by atoms with Crippen molar-refractivity contribution < 1.29 is 19.6 Å². The van der Waals surface area contributed by atoms with Gasteiger partial charge in [-0.1, -0.05) is 0 Å². The van der Waals surface area contributed by atoms with Crippen LogP contribution in [0.5, 0.6) is 0 Å². The topological polar surface area (TPSA) is 80.9 Å². The molecule has 0 saturated carbocycles. The first-order chi connectivity index (χ1) is 3.71. The Morgan fingerprint density at radius 3 is 1.11 bits per heavy atom. The molecule has 0 aliphatic carbocycles. The fourth-order valence-corrected chi connectivity index (χ4v) is 5.72. The molecule has 9 heavy (non-hydrogen) atoms. The average Bonchev–Trinajstić information content (AvgIpc) is 1.14. The third-order valence-electron chi connectivity index (χ3n) is 0.368. The monoisotopic (exact) mass is 208 g/mol. The fraction of sp³-hybridized carbons (Fsp3) is 1.00. The Labute approximate surface area is 62.5 Å². The van der Waals surface area contributed by atoms with Gasteiger partial charge in [0.25, 0.3) is 0 Å². The van der Waals surface area contributed by atoms with E-state index >= 15 is 0 Å². The zero-order valence-electron chi connectivity index (χ0n) is 4.21. The number of hydrogen-bond acceptors (Lipinski definition) is 2. The Morgan fingerprint density at radius 2 is 1.11 bits per heavy atom. The molecular formula is CH6O4P2S2. The van der Waals surface area contributed by atoms with Crippen molar-refractivity contribution in [1.82, 2.24) is 0 Å². The van der Waals surface area contributed by atoms with Crippen molar-refractivity contribution >= 4 is 36.6 Å². The molecule has 0 heterocycles. The highest BCUT2D eigenvalue weighted by Gasteiger charge is 2.18. The lowest BCUT2D eigenvalue weighted by Crippen LogP contribution is -1.87. The van der Waals surface area contributed by atoms with Crippen molar-refractivity contribution in [3.05, 3.63) is 0 Å². The molecule has 0 radical (unpaired) electrons. The molecule has 0 bridgehead atoms. The van der Waals surface area contributed by atoms with Gasteiger partial charge >= 0.3 is 0 Å². The van der Waals surface area contributed by atoms with E-state index in [1.165, 1.54) is 0 Å². The van der Waals surface area contributed by atoms with Crippen molar-refractivity contribution in [3.63, 3.8) is 0 Å². The Kier molecular flexibility index (Phi) is 3.41. The molecular weight excluding hydrogens is 202 g/mol. The van der Waals surface area contributed by atoms with Gasteiger partial charge in [0.15, 0.2) is 13.0 Å². The zero-order chi connectivity index (χ0) is 7.71. The lowest BCUT2D eigenvalue weighted by Gasteiger charge is -2.10. The quantitative estimate of drug-likeness (QED) is 0.459. The summed E-state index contributed by atoms with van der Waals surface area (Å²) in [4.78, 5) is 33.9. The largest absolute Gasteiger partial charge is 0.345 e. The standard InChI is InChI=1S/CH6O4P2S2/c2-6(3,8)1-7(4,5)9/h1H2,(H2,2,3,8)(H2,4,5,9). The van der Waals surface area contributed by atoms with Gasteiger partial charge in [-0.2, -0.15) is 0 Å². The van der Waals surface area contributed by atoms with Crippen LogP contribution in [0.2, 0.25) is 0 Å². The van der Waals surface area contributed by atoms with E-state index in [4.69, 9.17) is 19.6 Å². The summed E-state index contributed by atoms with van der Waals surface area (Å²) in [5.41, 5.74) is 0. The molecule has 4 nitrogen and oxygen atoms in total. The lowest BCUT2D eigenvalue weighted by molar-refractivity contribution is 0.464. The average molecular weight is 208 g/mol. The molecule has 0 saturated heterocycles. The van der Waals surface area contributed by atoms with Crippen LogP contribution in [-0.2, 0) is 23.6 Å². The molecule has 0 aromatic carbocycles. The molecule has 0 aliphatic rings. The van der Waals surface area contributed by atoms with Crippen molar-refractivity contribution in [3.8, 4) is 0 Å². The Bertz CT molecular complexity index is 157. The predicted octanol–water partition coefficient (Wildman–Crippen LogP) is -0.468. The first-order valence-electron chi connectivity index (χ1n) is 1.80. The zero-order valence-corrected chi connectivity index (χ0v) is 7.63. The third-order valence-corrected chi connectivity index (χ3v) is 5.39. The SMILES string of the molecule is OP(O)(=S)CP(O)(O)=S. The summed E-state index contributed by atoms with van der Waals surface area (Å²) in [6, 6.07) is 0. The van der Waals surface area contributed by atoms with E-state index in [-0.39, 0.29) is 0 Å². The first-order valence-corrected chi connectivity index (χ1v) is 7.58. The summed E-state index contributed by atoms with van der Waals surface area (Å²) in [6.45, 7) is -7.02. The van der Waals surface area contributed by atoms with Gasteiger partial charge in [0.1, 0.15) is 0 Å². The molecule has 56 valence electrons. The molecule has 0 aromatic rings. The first kappa shape index (κ1) is 10.1. The molecule has 0 aliphatic heterocycles. The molecule has 0 amide bonds. The minimum absolute atomic E-state index is 0.634. The summed E-state index contributed by atoms with van der Waals surface area (Å²) in [7, 11) is 0. The Hall–Kier alpha value is 1.14. The van der Waals surface area contributed by atoms with Crippen molar-refractivity contribution in [2.24, 2.45) is 0 Å². The van der Waals surface area contributed by atoms with E-state index in [0.717, 1.165) is 0 Å². The highest BCUT2D eigenvalue weighted by atomic mass is 32.5. The van der Waals surface area contributed by atoms with Crippen molar-refractivity contribution in [2.75, 3.05) is 5.90 Å². The summed E-state index contributed by atoms with van der Waals surface area (Å²) >= 11 is 8.19. The van der Waals surface area contributed by atoms with E-state index in [9.17, 15) is 0 Å². The van der Waals surface area contributed by atoms with Crippen LogP contribution in [0.1, 0.15) is 0 Å². The second kappa shape index (κ2) is 3.03. The molecule has 0 fully saturated rings. The minimum Gasteiger partial charge on any atom is -0.345 e. The van der Waals surface area contributed by atoms with Gasteiger partial charge in [-0.25, -0.2) is 0 Å². The van der Waals surface area contributed by atoms with Gasteiger partial charge in [0.2, 0.25) is 0 Å². The van der Waals surface area contributed by atoms with E-state index < -0.39 is 18.9 Å². The Balaban J connectivity index is 4.07. The predicted molar refractivity (Wildman–Crippen MR) is 42.3 cm³/mol. The molecule has 0 aromatic heterocycles. The van der Waals surface area contributed by atoms with Gasteiger partial charge in [0, 0.05) is 0 Å². The summed E-state index contributed by atoms with van der Waals surface area (Å²) in [6.07, 6.45) is 0. The smallest absolute Gasteiger partial charge is 0.193 e. The number of rotatable bonds is 2. The van der Waals surface area contributed by atoms with Gasteiger partial charge in [-0.15, -0.1) is 0 Å². The van der Waals surface area contributed by atoms with Crippen molar-refractivity contribution in [1.29, 1.82) is 0 Å². The normalized spacial score (nSPS) is 13.8. The van der Waals surface area contributed by atoms with Crippen LogP contribution in [0.15, 0.2) is 0 Å². The third kappa shape index (κ3) is 9.14. The van der Waals surface area contributed by atoms with E-state index in [0.29, 0.717) is 0 Å². The molecule has 4 N–H and O–H groups in total. The van der Waals surface area contributed by atoms with Gasteiger partial charge in [-0.05, 0) is 23.6 Å². The van der Waals surface area contributed by atoms with Crippen LogP contribution in [-0.4, -0.2) is 25.5 Å². The van der Waals surface area contributed by atoms with Gasteiger partial charge in [-0.3, -0.25) is 0 Å². The van der Waals surface area contributed by atoms with Crippen LogP contribution < -0.4 is 0 Å². The molecule has 0 spiro atoms. The minimum atomic E-state index is -3.51. The van der Waals surface area contributed by atoms with Crippen LogP contribution in [0, 0.1) is 0 Å². The van der Waals surface area contributed by atoms with E-state index in [2.05, 4.69) is 23.6 Å².